The van der Waals surface area contributed by atoms with E-state index in [2.05, 4.69) is 0 Å². The zero-order valence-electron chi connectivity index (χ0n) is 18.4. The molecule has 0 saturated heterocycles. The second-order valence-corrected chi connectivity index (χ2v) is 7.95. The molecule has 3 nitrogen and oxygen atoms in total. The molecule has 0 unspecified atom stereocenters. The van der Waals surface area contributed by atoms with E-state index in [1.807, 2.05) is 65.4 Å². The average Bonchev–Trinajstić information content (AvgIpc) is 3.22. The van der Waals surface area contributed by atoms with Crippen molar-refractivity contribution in [2.45, 2.75) is 31.9 Å². The normalized spacial score (nSPS) is 12.2. The number of hydrogen-bond acceptors (Lipinski definition) is 2. The first-order chi connectivity index (χ1) is 16.6. The van der Waals surface area contributed by atoms with Crippen LogP contribution in [0.5, 0.6) is 11.5 Å². The molecule has 35 heavy (non-hydrogen) atoms. The summed E-state index contributed by atoms with van der Waals surface area (Å²) < 4.78 is 90.9. The predicted octanol–water partition coefficient (Wildman–Crippen LogP) is 7.73. The Morgan fingerprint density at radius 1 is 0.686 bits per heavy atom. The van der Waals surface area contributed by atoms with Gasteiger partial charge in [0.25, 0.3) is 0 Å². The van der Waals surface area contributed by atoms with Crippen molar-refractivity contribution in [2.24, 2.45) is 0 Å². The Morgan fingerprint density at radius 3 is 2.03 bits per heavy atom. The standard InChI is InChI=1S/C26H21F6NO2/c27-25(28,29)20-14-21(26(30,31)32)16-23(15-20)34-12-4-10-33-11-9-19-13-22(7-8-24(19)33)35-17-18-5-2-1-3-6-18/h1-3,5-9,11,13-16H,4,10,12,17H2. The summed E-state index contributed by atoms with van der Waals surface area (Å²) in [6.07, 6.45) is -7.58. The largest absolute Gasteiger partial charge is 0.493 e. The molecule has 0 atom stereocenters. The fourth-order valence-electron chi connectivity index (χ4n) is 3.64. The van der Waals surface area contributed by atoms with Gasteiger partial charge in [0.15, 0.2) is 0 Å². The molecular weight excluding hydrogens is 472 g/mol. The lowest BCUT2D eigenvalue weighted by Crippen LogP contribution is -2.12. The van der Waals surface area contributed by atoms with E-state index in [4.69, 9.17) is 9.47 Å². The zero-order valence-corrected chi connectivity index (χ0v) is 18.4. The minimum absolute atomic E-state index is 0.0451. The highest BCUT2D eigenvalue weighted by Gasteiger charge is 2.37. The van der Waals surface area contributed by atoms with Crippen LogP contribution in [0.1, 0.15) is 23.1 Å². The van der Waals surface area contributed by atoms with Crippen molar-refractivity contribution in [3.63, 3.8) is 0 Å². The van der Waals surface area contributed by atoms with Crippen LogP contribution in [0.4, 0.5) is 26.3 Å². The van der Waals surface area contributed by atoms with Gasteiger partial charge in [-0.3, -0.25) is 0 Å². The third kappa shape index (κ3) is 6.29. The lowest BCUT2D eigenvalue weighted by atomic mass is 10.1. The van der Waals surface area contributed by atoms with Crippen LogP contribution >= 0.6 is 0 Å². The maximum Gasteiger partial charge on any atom is 0.416 e. The number of aryl methyl sites for hydroxylation is 1. The van der Waals surface area contributed by atoms with Crippen LogP contribution in [-0.2, 0) is 25.5 Å². The predicted molar refractivity (Wildman–Crippen MR) is 119 cm³/mol. The van der Waals surface area contributed by atoms with E-state index in [1.54, 1.807) is 0 Å². The van der Waals surface area contributed by atoms with Crippen LogP contribution in [-0.4, -0.2) is 11.2 Å². The van der Waals surface area contributed by atoms with E-state index in [9.17, 15) is 26.3 Å². The molecule has 4 rings (SSSR count). The van der Waals surface area contributed by atoms with E-state index < -0.39 is 29.2 Å². The smallest absolute Gasteiger partial charge is 0.416 e. The van der Waals surface area contributed by atoms with Crippen LogP contribution in [0.3, 0.4) is 0 Å². The summed E-state index contributed by atoms with van der Waals surface area (Å²) in [6.45, 7) is 0.866. The first kappa shape index (κ1) is 24.5. The summed E-state index contributed by atoms with van der Waals surface area (Å²) in [5, 5.41) is 0.948. The van der Waals surface area contributed by atoms with Crippen molar-refractivity contribution in [2.75, 3.05) is 6.61 Å². The van der Waals surface area contributed by atoms with Gasteiger partial charge < -0.3 is 14.0 Å². The Morgan fingerprint density at radius 2 is 1.37 bits per heavy atom. The highest BCUT2D eigenvalue weighted by atomic mass is 19.4. The molecule has 0 amide bonds. The molecule has 1 aromatic heterocycles. The van der Waals surface area contributed by atoms with Gasteiger partial charge in [-0.2, -0.15) is 26.3 Å². The number of aromatic nitrogens is 1. The van der Waals surface area contributed by atoms with Gasteiger partial charge in [-0.05, 0) is 54.4 Å². The van der Waals surface area contributed by atoms with Crippen molar-refractivity contribution >= 4 is 10.9 Å². The molecule has 0 saturated carbocycles. The minimum atomic E-state index is -4.91. The Bertz CT molecular complexity index is 1250. The Kier molecular flexibility index (Phi) is 6.95. The van der Waals surface area contributed by atoms with Gasteiger partial charge in [-0.25, -0.2) is 0 Å². The number of ether oxygens (including phenoxy) is 2. The zero-order chi connectivity index (χ0) is 25.1. The molecule has 3 aromatic carbocycles. The number of halogens is 6. The summed E-state index contributed by atoms with van der Waals surface area (Å²) in [5.74, 6) is 0.247. The van der Waals surface area contributed by atoms with E-state index >= 15 is 0 Å². The molecule has 0 aliphatic carbocycles. The van der Waals surface area contributed by atoms with Crippen LogP contribution in [0.25, 0.3) is 10.9 Å². The molecule has 0 N–H and O–H groups in total. The molecule has 1 heterocycles. The van der Waals surface area contributed by atoms with Gasteiger partial charge in [0.2, 0.25) is 0 Å². The highest BCUT2D eigenvalue weighted by Crippen LogP contribution is 2.38. The van der Waals surface area contributed by atoms with Crippen LogP contribution in [0.2, 0.25) is 0 Å². The summed E-state index contributed by atoms with van der Waals surface area (Å²) in [7, 11) is 0. The SMILES string of the molecule is FC(F)(F)c1cc(OCCCn2ccc3cc(OCc4ccccc4)ccc32)cc(C(F)(F)F)c1. The molecule has 4 aromatic rings. The monoisotopic (exact) mass is 493 g/mol. The Balaban J connectivity index is 1.36. The lowest BCUT2D eigenvalue weighted by molar-refractivity contribution is -0.143. The van der Waals surface area contributed by atoms with Crippen molar-refractivity contribution in [3.8, 4) is 11.5 Å². The van der Waals surface area contributed by atoms with Crippen molar-refractivity contribution < 1.29 is 35.8 Å². The van der Waals surface area contributed by atoms with Crippen molar-refractivity contribution in [1.29, 1.82) is 0 Å². The average molecular weight is 493 g/mol. The molecule has 0 aliphatic rings. The van der Waals surface area contributed by atoms with E-state index in [0.29, 0.717) is 37.5 Å². The highest BCUT2D eigenvalue weighted by molar-refractivity contribution is 5.81. The molecule has 9 heteroatoms. The molecule has 184 valence electrons. The van der Waals surface area contributed by atoms with Gasteiger partial charge >= 0.3 is 12.4 Å². The number of rotatable bonds is 8. The van der Waals surface area contributed by atoms with Gasteiger partial charge in [-0.1, -0.05) is 30.3 Å². The summed E-state index contributed by atoms with van der Waals surface area (Å²) in [5.41, 5.74) is -0.822. The lowest BCUT2D eigenvalue weighted by Gasteiger charge is -2.15. The van der Waals surface area contributed by atoms with Gasteiger partial charge in [-0.15, -0.1) is 0 Å². The maximum atomic E-state index is 13.0. The summed E-state index contributed by atoms with van der Waals surface area (Å²) in [4.78, 5) is 0. The van der Waals surface area contributed by atoms with Crippen LogP contribution in [0, 0.1) is 0 Å². The molecular formula is C26H21F6NO2. The van der Waals surface area contributed by atoms with E-state index in [0.717, 1.165) is 16.5 Å². The molecule has 0 radical (unpaired) electrons. The Labute approximate surface area is 197 Å². The number of fused-ring (bicyclic) bond motifs is 1. The third-order valence-electron chi connectivity index (χ3n) is 5.36. The topological polar surface area (TPSA) is 23.4 Å². The fourth-order valence-corrected chi connectivity index (χ4v) is 3.64. The van der Waals surface area contributed by atoms with Crippen LogP contribution in [0.15, 0.2) is 79.0 Å². The number of benzene rings is 3. The second-order valence-electron chi connectivity index (χ2n) is 7.95. The van der Waals surface area contributed by atoms with Crippen molar-refractivity contribution in [1.82, 2.24) is 4.57 Å². The van der Waals surface area contributed by atoms with Gasteiger partial charge in [0, 0.05) is 23.6 Å². The summed E-state index contributed by atoms with van der Waals surface area (Å²) in [6, 6.07) is 18.6. The van der Waals surface area contributed by atoms with Gasteiger partial charge in [0.1, 0.15) is 18.1 Å². The quantitative estimate of drug-likeness (QED) is 0.185. The fraction of sp³-hybridized carbons (Fsp3) is 0.231. The number of nitrogens with zero attached hydrogens (tertiary/aromatic N) is 1. The van der Waals surface area contributed by atoms with Gasteiger partial charge in [0.05, 0.1) is 17.7 Å². The molecule has 0 spiro atoms. The van der Waals surface area contributed by atoms with E-state index in [1.165, 1.54) is 0 Å². The minimum Gasteiger partial charge on any atom is -0.493 e. The number of alkyl halides is 6. The first-order valence-electron chi connectivity index (χ1n) is 10.8. The van der Waals surface area contributed by atoms with E-state index in [-0.39, 0.29) is 12.7 Å². The second kappa shape index (κ2) is 9.93. The third-order valence-corrected chi connectivity index (χ3v) is 5.36. The summed E-state index contributed by atoms with van der Waals surface area (Å²) >= 11 is 0. The molecule has 0 bridgehead atoms. The van der Waals surface area contributed by atoms with Crippen LogP contribution < -0.4 is 9.47 Å². The van der Waals surface area contributed by atoms with Crippen molar-refractivity contribution in [3.05, 3.63) is 95.7 Å². The number of hydrogen-bond donors (Lipinski definition) is 0. The maximum absolute atomic E-state index is 13.0. The first-order valence-corrected chi connectivity index (χ1v) is 10.8. The molecule has 0 fully saturated rings. The Hall–Kier alpha value is -3.62. The molecule has 0 aliphatic heterocycles.